The summed E-state index contributed by atoms with van der Waals surface area (Å²) in [6, 6.07) is 10.5. The van der Waals surface area contributed by atoms with Gasteiger partial charge in [-0.2, -0.15) is 0 Å². The van der Waals surface area contributed by atoms with Crippen LogP contribution >= 0.6 is 11.6 Å². The Hall–Kier alpha value is -4.51. The first-order valence-electron chi connectivity index (χ1n) is 13.9. The maximum Gasteiger partial charge on any atom is 0.305 e. The number of benzene rings is 1. The standard InChI is InChI=1S/C31H35ClN6O5/c1-31(2,3)17-27(39)38-13-11-37(12-14-38)25-8-6-20(15-24(25)36-30(43)22-7-9-26(32)34-19-22)29(42)35-23(16-28(40)41)21-5-4-10-33-18-21/h4-10,15,18-19,23H,11-14,16-17H2,1-3H3,(H,35,42)(H,36,43)(H,40,41). The number of aromatic nitrogens is 2. The van der Waals surface area contributed by atoms with E-state index in [9.17, 15) is 24.3 Å². The van der Waals surface area contributed by atoms with Crippen molar-refractivity contribution in [3.8, 4) is 0 Å². The molecule has 0 radical (unpaired) electrons. The number of aliphatic carboxylic acids is 1. The van der Waals surface area contributed by atoms with Crippen LogP contribution in [-0.2, 0) is 9.59 Å². The van der Waals surface area contributed by atoms with Crippen LogP contribution in [0.2, 0.25) is 5.15 Å². The molecule has 3 aromatic rings. The highest BCUT2D eigenvalue weighted by atomic mass is 35.5. The van der Waals surface area contributed by atoms with E-state index >= 15 is 0 Å². The molecule has 1 aromatic carbocycles. The molecule has 3 amide bonds. The SMILES string of the molecule is CC(C)(C)CC(=O)N1CCN(c2ccc(C(=O)NC(CC(=O)O)c3cccnc3)cc2NC(=O)c2ccc(Cl)nc2)CC1. The second-order valence-electron chi connectivity index (χ2n) is 11.6. The van der Waals surface area contributed by atoms with Crippen LogP contribution in [0.5, 0.6) is 0 Å². The molecular formula is C31H35ClN6O5. The van der Waals surface area contributed by atoms with Crippen LogP contribution in [0.1, 0.15) is 65.9 Å². The predicted molar refractivity (Wildman–Crippen MR) is 163 cm³/mol. The van der Waals surface area contributed by atoms with Crippen LogP contribution in [-0.4, -0.2) is 69.8 Å². The fraction of sp³-hybridized carbons (Fsp3) is 0.355. The van der Waals surface area contributed by atoms with E-state index in [0.717, 1.165) is 0 Å². The van der Waals surface area contributed by atoms with Gasteiger partial charge >= 0.3 is 5.97 Å². The van der Waals surface area contributed by atoms with E-state index in [1.165, 1.54) is 18.5 Å². The summed E-state index contributed by atoms with van der Waals surface area (Å²) in [6.45, 7) is 8.21. The van der Waals surface area contributed by atoms with Crippen molar-refractivity contribution < 1.29 is 24.3 Å². The quantitative estimate of drug-likeness (QED) is 0.304. The van der Waals surface area contributed by atoms with Crippen molar-refractivity contribution in [2.24, 2.45) is 5.41 Å². The first-order valence-corrected chi connectivity index (χ1v) is 14.3. The van der Waals surface area contributed by atoms with E-state index in [1.54, 1.807) is 42.6 Å². The molecular weight excluding hydrogens is 572 g/mol. The lowest BCUT2D eigenvalue weighted by molar-refractivity contribution is -0.137. The third-order valence-electron chi connectivity index (χ3n) is 6.92. The van der Waals surface area contributed by atoms with Gasteiger partial charge in [-0.3, -0.25) is 24.2 Å². The molecule has 0 aliphatic carbocycles. The van der Waals surface area contributed by atoms with Crippen LogP contribution in [0, 0.1) is 5.41 Å². The van der Waals surface area contributed by atoms with E-state index in [-0.39, 0.29) is 34.0 Å². The summed E-state index contributed by atoms with van der Waals surface area (Å²) in [7, 11) is 0. The van der Waals surface area contributed by atoms with Gasteiger partial charge in [-0.15, -0.1) is 0 Å². The molecule has 1 aliphatic rings. The summed E-state index contributed by atoms with van der Waals surface area (Å²) in [5.74, 6) is -1.93. The molecule has 12 heteroatoms. The Labute approximate surface area is 255 Å². The zero-order valence-electron chi connectivity index (χ0n) is 24.3. The Morgan fingerprint density at radius 2 is 1.70 bits per heavy atom. The largest absolute Gasteiger partial charge is 0.481 e. The number of halogens is 1. The highest BCUT2D eigenvalue weighted by Crippen LogP contribution is 2.30. The van der Waals surface area contributed by atoms with Crippen molar-refractivity contribution in [2.45, 2.75) is 39.7 Å². The van der Waals surface area contributed by atoms with Gasteiger partial charge < -0.3 is 25.5 Å². The number of hydrogen-bond donors (Lipinski definition) is 3. The molecule has 0 spiro atoms. The van der Waals surface area contributed by atoms with Crippen LogP contribution in [0.4, 0.5) is 11.4 Å². The molecule has 1 fully saturated rings. The van der Waals surface area contributed by atoms with Gasteiger partial charge in [-0.05, 0) is 47.4 Å². The van der Waals surface area contributed by atoms with E-state index < -0.39 is 23.8 Å². The Kier molecular flexibility index (Phi) is 9.97. The third-order valence-corrected chi connectivity index (χ3v) is 7.15. The molecule has 1 aliphatic heterocycles. The monoisotopic (exact) mass is 606 g/mol. The van der Waals surface area contributed by atoms with Crippen LogP contribution in [0.25, 0.3) is 0 Å². The lowest BCUT2D eigenvalue weighted by Gasteiger charge is -2.38. The van der Waals surface area contributed by atoms with Crippen LogP contribution in [0.15, 0.2) is 61.1 Å². The number of nitrogens with one attached hydrogen (secondary N) is 2. The molecule has 0 saturated carbocycles. The average Bonchev–Trinajstić information content (AvgIpc) is 2.96. The summed E-state index contributed by atoms with van der Waals surface area (Å²) < 4.78 is 0. The molecule has 1 atom stereocenters. The van der Waals surface area contributed by atoms with Gasteiger partial charge in [0, 0.05) is 56.8 Å². The van der Waals surface area contributed by atoms with Crippen molar-refractivity contribution in [3.05, 3.63) is 82.9 Å². The zero-order chi connectivity index (χ0) is 31.1. The normalized spacial score (nSPS) is 14.1. The summed E-state index contributed by atoms with van der Waals surface area (Å²) in [4.78, 5) is 62.7. The Bertz CT molecular complexity index is 1470. The number of carbonyl (C=O) groups is 4. The van der Waals surface area contributed by atoms with Crippen molar-refractivity contribution >= 4 is 46.7 Å². The number of nitrogens with zero attached hydrogens (tertiary/aromatic N) is 4. The van der Waals surface area contributed by atoms with Gasteiger partial charge in [0.15, 0.2) is 0 Å². The second kappa shape index (κ2) is 13.6. The number of hydrogen-bond acceptors (Lipinski definition) is 7. The number of carboxylic acids is 1. The highest BCUT2D eigenvalue weighted by Gasteiger charge is 2.27. The third kappa shape index (κ3) is 8.74. The van der Waals surface area contributed by atoms with E-state index in [4.69, 9.17) is 11.6 Å². The molecule has 11 nitrogen and oxygen atoms in total. The number of carbonyl (C=O) groups excluding carboxylic acids is 3. The van der Waals surface area contributed by atoms with Gasteiger partial charge in [0.25, 0.3) is 11.8 Å². The Balaban J connectivity index is 1.58. The van der Waals surface area contributed by atoms with Crippen molar-refractivity contribution in [2.75, 3.05) is 36.4 Å². The van der Waals surface area contributed by atoms with Gasteiger partial charge in [-0.25, -0.2) is 4.98 Å². The maximum absolute atomic E-state index is 13.4. The molecule has 3 heterocycles. The molecule has 226 valence electrons. The second-order valence-corrected chi connectivity index (χ2v) is 12.0. The summed E-state index contributed by atoms with van der Waals surface area (Å²) in [6.07, 6.45) is 4.55. The average molecular weight is 607 g/mol. The molecule has 43 heavy (non-hydrogen) atoms. The van der Waals surface area contributed by atoms with Crippen molar-refractivity contribution in [1.29, 1.82) is 0 Å². The lowest BCUT2D eigenvalue weighted by Crippen LogP contribution is -2.49. The van der Waals surface area contributed by atoms with Gasteiger partial charge in [0.05, 0.1) is 29.4 Å². The van der Waals surface area contributed by atoms with Crippen molar-refractivity contribution in [3.63, 3.8) is 0 Å². The predicted octanol–water partition coefficient (Wildman–Crippen LogP) is 4.41. The number of pyridine rings is 2. The molecule has 1 unspecified atom stereocenters. The lowest BCUT2D eigenvalue weighted by atomic mass is 9.91. The minimum Gasteiger partial charge on any atom is -0.481 e. The Morgan fingerprint density at radius 3 is 2.30 bits per heavy atom. The molecule has 0 bridgehead atoms. The van der Waals surface area contributed by atoms with Gasteiger partial charge in [0.2, 0.25) is 5.91 Å². The zero-order valence-corrected chi connectivity index (χ0v) is 25.1. The Morgan fingerprint density at radius 1 is 0.977 bits per heavy atom. The van der Waals surface area contributed by atoms with Gasteiger partial charge in [-0.1, -0.05) is 38.4 Å². The fourth-order valence-electron chi connectivity index (χ4n) is 4.77. The van der Waals surface area contributed by atoms with Crippen molar-refractivity contribution in [1.82, 2.24) is 20.2 Å². The van der Waals surface area contributed by atoms with Crippen LogP contribution < -0.4 is 15.5 Å². The minimum absolute atomic E-state index is 0.104. The number of rotatable bonds is 9. The van der Waals surface area contributed by atoms with E-state index in [2.05, 4.69) is 25.5 Å². The molecule has 1 saturated heterocycles. The van der Waals surface area contributed by atoms with Crippen LogP contribution in [0.3, 0.4) is 0 Å². The first-order chi connectivity index (χ1) is 20.4. The summed E-state index contributed by atoms with van der Waals surface area (Å²) in [5.41, 5.74) is 2.02. The number of carboxylic acid groups (broad SMARTS) is 1. The van der Waals surface area contributed by atoms with Gasteiger partial charge in [0.1, 0.15) is 5.15 Å². The fourth-order valence-corrected chi connectivity index (χ4v) is 4.88. The highest BCUT2D eigenvalue weighted by molar-refractivity contribution is 6.29. The molecule has 4 rings (SSSR count). The number of amides is 3. The summed E-state index contributed by atoms with van der Waals surface area (Å²) in [5, 5.41) is 15.3. The number of piperazine rings is 1. The molecule has 2 aromatic heterocycles. The summed E-state index contributed by atoms with van der Waals surface area (Å²) >= 11 is 5.88. The van der Waals surface area contributed by atoms with E-state index in [0.29, 0.717) is 49.5 Å². The minimum atomic E-state index is -1.07. The van der Waals surface area contributed by atoms with E-state index in [1.807, 2.05) is 25.7 Å². The molecule has 3 N–H and O–H groups in total. The maximum atomic E-state index is 13.4. The topological polar surface area (TPSA) is 145 Å². The smallest absolute Gasteiger partial charge is 0.305 e. The number of anilines is 2. The first kappa shape index (κ1) is 31.4.